The van der Waals surface area contributed by atoms with Crippen LogP contribution < -0.4 is 5.32 Å². The van der Waals surface area contributed by atoms with Crippen LogP contribution in [0.1, 0.15) is 387 Å². The highest BCUT2D eigenvalue weighted by Crippen LogP contribution is 2.27. The molecule has 1 amide bonds. The first-order valence-electron chi connectivity index (χ1n) is 38.8. The standard InChI is InChI=1S/C78H147NO10/c1-4-7-10-13-16-19-22-24-26-28-30-32-34-36-38-40-42-44-46-48-51-54-57-60-63-66-73(83)89-76-75(85)74(84)72(67-80)88-78(76)87-68-69(70(81)64-61-58-55-52-49-21-18-15-12-9-6-3)79-77(86)71(82)65-62-59-56-53-50-47-45-43-41-39-37-35-33-31-29-27-25-23-20-17-14-11-8-5-2/h16,19,24,26,61,64,69-72,74-76,78,80-82,84-85H,4-15,17-18,20-23,25,27-60,62-63,65-68H2,1-3H3,(H,79,86)/b19-16-,26-24-,64-61+. The summed E-state index contributed by atoms with van der Waals surface area (Å²) in [7, 11) is 0. The van der Waals surface area contributed by atoms with Gasteiger partial charge in [0.15, 0.2) is 12.4 Å². The van der Waals surface area contributed by atoms with Gasteiger partial charge in [-0.25, -0.2) is 0 Å². The van der Waals surface area contributed by atoms with Crippen LogP contribution in [-0.2, 0) is 23.8 Å². The SMILES string of the molecule is CCCCC/C=C\C/C=C\CCCCCCCCCCCCCCCCCC(=O)OC1C(OCC(NC(=O)C(O)CCCCCCCCCCCCCCCCCCCCCCCCCC)C(O)/C=C/CCCCCCCCCCC)OC(CO)C(O)C1O. The highest BCUT2D eigenvalue weighted by atomic mass is 16.7. The number of esters is 1. The monoisotopic (exact) mass is 1260 g/mol. The van der Waals surface area contributed by atoms with Crippen LogP contribution in [0, 0.1) is 0 Å². The minimum atomic E-state index is -1.61. The zero-order valence-corrected chi connectivity index (χ0v) is 58.6. The van der Waals surface area contributed by atoms with E-state index in [2.05, 4.69) is 50.4 Å². The van der Waals surface area contributed by atoms with E-state index in [1.807, 2.05) is 6.08 Å². The second kappa shape index (κ2) is 65.9. The van der Waals surface area contributed by atoms with Crippen molar-refractivity contribution in [3.8, 4) is 0 Å². The van der Waals surface area contributed by atoms with Crippen LogP contribution in [0.4, 0.5) is 0 Å². The molecule has 1 rings (SSSR count). The predicted octanol–water partition coefficient (Wildman–Crippen LogP) is 20.5. The summed E-state index contributed by atoms with van der Waals surface area (Å²) < 4.78 is 17.7. The molecule has 0 aliphatic carbocycles. The largest absolute Gasteiger partial charge is 0.454 e. The van der Waals surface area contributed by atoms with Crippen molar-refractivity contribution in [2.75, 3.05) is 13.2 Å². The molecule has 0 radical (unpaired) electrons. The number of hydrogen-bond acceptors (Lipinski definition) is 10. The van der Waals surface area contributed by atoms with Gasteiger partial charge in [0, 0.05) is 6.42 Å². The maximum absolute atomic E-state index is 13.5. The topological polar surface area (TPSA) is 175 Å². The summed E-state index contributed by atoms with van der Waals surface area (Å²) in [6.45, 7) is 5.83. The van der Waals surface area contributed by atoms with Crippen LogP contribution in [0.3, 0.4) is 0 Å². The summed E-state index contributed by atoms with van der Waals surface area (Å²) in [5, 5.41) is 57.3. The van der Waals surface area contributed by atoms with E-state index in [0.717, 1.165) is 64.2 Å². The Morgan fingerprint density at radius 1 is 0.438 bits per heavy atom. The Balaban J connectivity index is 2.48. The van der Waals surface area contributed by atoms with Gasteiger partial charge in [0.05, 0.1) is 25.4 Å². The van der Waals surface area contributed by atoms with Gasteiger partial charge in [-0.15, -0.1) is 0 Å². The van der Waals surface area contributed by atoms with Crippen molar-refractivity contribution in [3.05, 3.63) is 36.5 Å². The molecule has 11 heteroatoms. The first-order valence-corrected chi connectivity index (χ1v) is 38.8. The fourth-order valence-electron chi connectivity index (χ4n) is 12.5. The zero-order chi connectivity index (χ0) is 64.6. The fraction of sp³-hybridized carbons (Fsp3) is 0.897. The maximum atomic E-state index is 13.5. The molecule has 8 atom stereocenters. The van der Waals surface area contributed by atoms with E-state index in [1.165, 1.54) is 276 Å². The van der Waals surface area contributed by atoms with E-state index in [4.69, 9.17) is 14.2 Å². The number of allylic oxidation sites excluding steroid dienone is 5. The Hall–Kier alpha value is -2.12. The number of unbranched alkanes of at least 4 members (excludes halogenated alkanes) is 50. The van der Waals surface area contributed by atoms with Crippen LogP contribution in [-0.4, -0.2) is 99.6 Å². The molecule has 1 saturated heterocycles. The van der Waals surface area contributed by atoms with Gasteiger partial charge in [-0.05, 0) is 57.8 Å². The Bertz CT molecular complexity index is 1590. The van der Waals surface area contributed by atoms with Crippen LogP contribution in [0.25, 0.3) is 0 Å². The number of aliphatic hydroxyl groups excluding tert-OH is 5. The third-order valence-corrected chi connectivity index (χ3v) is 18.5. The van der Waals surface area contributed by atoms with Crippen LogP contribution in [0.2, 0.25) is 0 Å². The lowest BCUT2D eigenvalue weighted by molar-refractivity contribution is -0.305. The van der Waals surface area contributed by atoms with E-state index in [-0.39, 0.29) is 13.0 Å². The number of nitrogens with one attached hydrogen (secondary N) is 1. The van der Waals surface area contributed by atoms with E-state index < -0.39 is 67.4 Å². The normalized spacial score (nSPS) is 18.2. The Morgan fingerprint density at radius 3 is 1.17 bits per heavy atom. The van der Waals surface area contributed by atoms with Crippen molar-refractivity contribution in [3.63, 3.8) is 0 Å². The first-order chi connectivity index (χ1) is 43.7. The highest BCUT2D eigenvalue weighted by Gasteiger charge is 2.47. The molecule has 89 heavy (non-hydrogen) atoms. The summed E-state index contributed by atoms with van der Waals surface area (Å²) in [6.07, 6.45) is 72.1. The quantitative estimate of drug-likeness (QED) is 0.0195. The van der Waals surface area contributed by atoms with Gasteiger partial charge in [-0.3, -0.25) is 9.59 Å². The third-order valence-electron chi connectivity index (χ3n) is 18.5. The van der Waals surface area contributed by atoms with Crippen LogP contribution in [0.15, 0.2) is 36.5 Å². The van der Waals surface area contributed by atoms with Gasteiger partial charge in [-0.2, -0.15) is 0 Å². The van der Waals surface area contributed by atoms with Crippen molar-refractivity contribution in [1.29, 1.82) is 0 Å². The van der Waals surface area contributed by atoms with Crippen molar-refractivity contribution in [1.82, 2.24) is 5.32 Å². The average molecular weight is 1260 g/mol. The Morgan fingerprint density at radius 2 is 0.775 bits per heavy atom. The molecule has 0 bridgehead atoms. The molecule has 0 aromatic heterocycles. The second-order valence-electron chi connectivity index (χ2n) is 27.1. The van der Waals surface area contributed by atoms with Gasteiger partial charge in [0.1, 0.15) is 24.4 Å². The fourth-order valence-corrected chi connectivity index (χ4v) is 12.5. The molecule has 1 aliphatic rings. The lowest BCUT2D eigenvalue weighted by Gasteiger charge is -2.41. The molecule has 6 N–H and O–H groups in total. The molecular weight excluding hydrogens is 1110 g/mol. The number of amides is 1. The van der Waals surface area contributed by atoms with Crippen molar-refractivity contribution in [2.45, 2.75) is 436 Å². The summed E-state index contributed by atoms with van der Waals surface area (Å²) in [4.78, 5) is 26.7. The number of carbonyl (C=O) groups is 2. The minimum absolute atomic E-state index is 0.127. The van der Waals surface area contributed by atoms with E-state index in [0.29, 0.717) is 19.3 Å². The average Bonchev–Trinajstić information content (AvgIpc) is 3.71. The number of aliphatic hydroxyl groups is 5. The lowest BCUT2D eigenvalue weighted by atomic mass is 9.99. The zero-order valence-electron chi connectivity index (χ0n) is 58.6. The summed E-state index contributed by atoms with van der Waals surface area (Å²) in [6, 6.07) is -1.02. The smallest absolute Gasteiger partial charge is 0.306 e. The number of carbonyl (C=O) groups excluding carboxylic acids is 2. The third kappa shape index (κ3) is 52.9. The maximum Gasteiger partial charge on any atom is 0.306 e. The summed E-state index contributed by atoms with van der Waals surface area (Å²) in [5.41, 5.74) is 0. The first kappa shape index (κ1) is 84.9. The molecule has 1 heterocycles. The van der Waals surface area contributed by atoms with E-state index in [9.17, 15) is 35.1 Å². The molecule has 0 aromatic rings. The van der Waals surface area contributed by atoms with Crippen LogP contribution in [0.5, 0.6) is 0 Å². The van der Waals surface area contributed by atoms with Gasteiger partial charge in [0.25, 0.3) is 0 Å². The van der Waals surface area contributed by atoms with Crippen molar-refractivity contribution >= 4 is 11.9 Å². The summed E-state index contributed by atoms with van der Waals surface area (Å²) in [5.74, 6) is -1.17. The number of ether oxygens (including phenoxy) is 3. The second-order valence-corrected chi connectivity index (χ2v) is 27.1. The molecule has 1 aliphatic heterocycles. The molecule has 8 unspecified atom stereocenters. The lowest BCUT2D eigenvalue weighted by Crippen LogP contribution is -2.61. The molecule has 524 valence electrons. The Labute approximate surface area is 549 Å². The molecule has 0 spiro atoms. The minimum Gasteiger partial charge on any atom is -0.454 e. The highest BCUT2D eigenvalue weighted by molar-refractivity contribution is 5.80. The molecule has 0 aromatic carbocycles. The predicted molar refractivity (Wildman–Crippen MR) is 375 cm³/mol. The molecule has 0 saturated carbocycles. The summed E-state index contributed by atoms with van der Waals surface area (Å²) >= 11 is 0. The Kier molecular flexibility index (Phi) is 62.9. The van der Waals surface area contributed by atoms with Gasteiger partial charge >= 0.3 is 5.97 Å². The molecular formula is C78H147NO10. The number of rotatable bonds is 68. The molecule has 11 nitrogen and oxygen atoms in total. The van der Waals surface area contributed by atoms with Gasteiger partial charge in [0.2, 0.25) is 5.91 Å². The van der Waals surface area contributed by atoms with Crippen molar-refractivity contribution < 1.29 is 49.3 Å². The molecule has 1 fully saturated rings. The van der Waals surface area contributed by atoms with E-state index >= 15 is 0 Å². The van der Waals surface area contributed by atoms with Gasteiger partial charge in [-0.1, -0.05) is 359 Å². The number of hydrogen-bond donors (Lipinski definition) is 6. The van der Waals surface area contributed by atoms with Gasteiger partial charge < -0.3 is 45.1 Å². The van der Waals surface area contributed by atoms with Crippen molar-refractivity contribution in [2.24, 2.45) is 0 Å². The van der Waals surface area contributed by atoms with E-state index in [1.54, 1.807) is 6.08 Å². The van der Waals surface area contributed by atoms with Crippen LogP contribution >= 0.6 is 0 Å².